The van der Waals surface area contributed by atoms with Crippen molar-refractivity contribution in [1.29, 1.82) is 5.26 Å². The minimum atomic E-state index is -0.497. The number of hydrogen-bond acceptors (Lipinski definition) is 4. The predicted octanol–water partition coefficient (Wildman–Crippen LogP) is 2.42. The highest BCUT2D eigenvalue weighted by Gasteiger charge is 2.11. The van der Waals surface area contributed by atoms with Crippen molar-refractivity contribution in [2.75, 3.05) is 26.2 Å². The maximum atomic E-state index is 10.0. The van der Waals surface area contributed by atoms with E-state index in [4.69, 9.17) is 10.00 Å². The first-order chi connectivity index (χ1) is 9.69. The van der Waals surface area contributed by atoms with Gasteiger partial charge in [0, 0.05) is 6.54 Å². The van der Waals surface area contributed by atoms with Crippen molar-refractivity contribution in [3.63, 3.8) is 0 Å². The van der Waals surface area contributed by atoms with Gasteiger partial charge in [0.1, 0.15) is 18.5 Å². The van der Waals surface area contributed by atoms with Gasteiger partial charge < -0.3 is 14.7 Å². The molecule has 0 aliphatic heterocycles. The van der Waals surface area contributed by atoms with Crippen LogP contribution in [0.2, 0.25) is 0 Å². The molecule has 0 saturated heterocycles. The van der Waals surface area contributed by atoms with Crippen molar-refractivity contribution >= 4 is 0 Å². The zero-order valence-electron chi connectivity index (χ0n) is 12.4. The summed E-state index contributed by atoms with van der Waals surface area (Å²) in [5.41, 5.74) is 0.606. The van der Waals surface area contributed by atoms with E-state index in [1.807, 2.05) is 0 Å². The van der Waals surface area contributed by atoms with E-state index in [1.165, 1.54) is 0 Å². The lowest BCUT2D eigenvalue weighted by molar-refractivity contribution is 0.0681. The molecule has 0 heterocycles. The summed E-state index contributed by atoms with van der Waals surface area (Å²) in [6.07, 6.45) is 1.68. The van der Waals surface area contributed by atoms with Crippen LogP contribution in [0.5, 0.6) is 5.75 Å². The van der Waals surface area contributed by atoms with Crippen LogP contribution in [0.25, 0.3) is 0 Å². The molecule has 0 saturated carbocycles. The number of aliphatic hydroxyl groups excluding tert-OH is 1. The van der Waals surface area contributed by atoms with Crippen LogP contribution in [0.4, 0.5) is 0 Å². The number of aliphatic hydroxyl groups is 1. The van der Waals surface area contributed by atoms with Crippen molar-refractivity contribution in [3.8, 4) is 11.8 Å². The summed E-state index contributed by atoms with van der Waals surface area (Å²) in [5.74, 6) is 0.681. The number of ether oxygens (including phenoxy) is 1. The molecule has 0 aromatic heterocycles. The summed E-state index contributed by atoms with van der Waals surface area (Å²) in [5, 5.41) is 18.7. The summed E-state index contributed by atoms with van der Waals surface area (Å²) in [7, 11) is 0. The number of nitriles is 1. The first-order valence-electron chi connectivity index (χ1n) is 7.23. The number of hydrogen-bond donors (Lipinski definition) is 1. The number of benzene rings is 1. The third-order valence-electron chi connectivity index (χ3n) is 2.97. The van der Waals surface area contributed by atoms with Gasteiger partial charge in [-0.3, -0.25) is 0 Å². The molecule has 1 unspecified atom stereocenters. The molecular formula is C16H24N2O2. The molecule has 0 aliphatic rings. The summed E-state index contributed by atoms with van der Waals surface area (Å²) < 4.78 is 5.54. The lowest BCUT2D eigenvalue weighted by Crippen LogP contribution is -2.36. The molecule has 0 fully saturated rings. The molecule has 20 heavy (non-hydrogen) atoms. The van der Waals surface area contributed by atoms with E-state index in [0.29, 0.717) is 17.9 Å². The Labute approximate surface area is 121 Å². The van der Waals surface area contributed by atoms with Gasteiger partial charge in [-0.05, 0) is 50.2 Å². The van der Waals surface area contributed by atoms with Crippen LogP contribution in [0.3, 0.4) is 0 Å². The van der Waals surface area contributed by atoms with E-state index in [-0.39, 0.29) is 6.61 Å². The predicted molar refractivity (Wildman–Crippen MR) is 79.7 cm³/mol. The fourth-order valence-electron chi connectivity index (χ4n) is 2.10. The Hall–Kier alpha value is -1.57. The highest BCUT2D eigenvalue weighted by atomic mass is 16.5. The lowest BCUT2D eigenvalue weighted by Gasteiger charge is -2.24. The average Bonchev–Trinajstić information content (AvgIpc) is 2.46. The van der Waals surface area contributed by atoms with Crippen LogP contribution in [-0.2, 0) is 0 Å². The molecular weight excluding hydrogens is 252 g/mol. The summed E-state index contributed by atoms with van der Waals surface area (Å²) in [6.45, 7) is 7.20. The maximum absolute atomic E-state index is 10.0. The standard InChI is InChI=1S/C16H24N2O2/c1-3-9-18(10-4-2)12-15(19)13-20-16-7-5-14(11-17)6-8-16/h5-8,15,19H,3-4,9-10,12-13H2,1-2H3. The number of nitrogens with zero attached hydrogens (tertiary/aromatic N) is 2. The lowest BCUT2D eigenvalue weighted by atomic mass is 10.2. The zero-order chi connectivity index (χ0) is 14.8. The van der Waals surface area contributed by atoms with Gasteiger partial charge in [-0.1, -0.05) is 13.8 Å². The van der Waals surface area contributed by atoms with Crippen molar-refractivity contribution in [3.05, 3.63) is 29.8 Å². The molecule has 4 nitrogen and oxygen atoms in total. The van der Waals surface area contributed by atoms with E-state index >= 15 is 0 Å². The normalized spacial score (nSPS) is 12.2. The second-order valence-corrected chi connectivity index (χ2v) is 4.90. The van der Waals surface area contributed by atoms with Gasteiger partial charge in [0.25, 0.3) is 0 Å². The highest BCUT2D eigenvalue weighted by molar-refractivity contribution is 5.34. The van der Waals surface area contributed by atoms with E-state index < -0.39 is 6.10 Å². The van der Waals surface area contributed by atoms with Gasteiger partial charge in [-0.2, -0.15) is 5.26 Å². The van der Waals surface area contributed by atoms with Crippen molar-refractivity contribution in [1.82, 2.24) is 4.90 Å². The minimum absolute atomic E-state index is 0.274. The Kier molecular flexibility index (Phi) is 7.71. The molecule has 0 spiro atoms. The van der Waals surface area contributed by atoms with Crippen LogP contribution in [0.15, 0.2) is 24.3 Å². The molecule has 0 aliphatic carbocycles. The van der Waals surface area contributed by atoms with E-state index in [0.717, 1.165) is 25.9 Å². The monoisotopic (exact) mass is 276 g/mol. The Morgan fingerprint density at radius 1 is 1.20 bits per heavy atom. The Morgan fingerprint density at radius 3 is 2.30 bits per heavy atom. The van der Waals surface area contributed by atoms with Gasteiger partial charge in [0.05, 0.1) is 11.6 Å². The quantitative estimate of drug-likeness (QED) is 0.752. The first-order valence-corrected chi connectivity index (χ1v) is 7.23. The fraction of sp³-hybridized carbons (Fsp3) is 0.562. The number of rotatable bonds is 9. The Bertz CT molecular complexity index is 405. The molecule has 1 N–H and O–H groups in total. The summed E-state index contributed by atoms with van der Waals surface area (Å²) >= 11 is 0. The molecule has 4 heteroatoms. The molecule has 1 aromatic rings. The van der Waals surface area contributed by atoms with Crippen LogP contribution in [0, 0.1) is 11.3 Å². The second-order valence-electron chi connectivity index (χ2n) is 4.90. The topological polar surface area (TPSA) is 56.5 Å². The Balaban J connectivity index is 2.37. The van der Waals surface area contributed by atoms with Gasteiger partial charge in [-0.15, -0.1) is 0 Å². The van der Waals surface area contributed by atoms with Crippen molar-refractivity contribution < 1.29 is 9.84 Å². The van der Waals surface area contributed by atoms with E-state index in [1.54, 1.807) is 24.3 Å². The van der Waals surface area contributed by atoms with Gasteiger partial charge in [-0.25, -0.2) is 0 Å². The van der Waals surface area contributed by atoms with Gasteiger partial charge >= 0.3 is 0 Å². The van der Waals surface area contributed by atoms with Crippen molar-refractivity contribution in [2.45, 2.75) is 32.8 Å². The van der Waals surface area contributed by atoms with Gasteiger partial charge in [0.15, 0.2) is 0 Å². The fourth-order valence-corrected chi connectivity index (χ4v) is 2.10. The first kappa shape index (κ1) is 16.5. The van der Waals surface area contributed by atoms with Crippen LogP contribution >= 0.6 is 0 Å². The second kappa shape index (κ2) is 9.35. The third kappa shape index (κ3) is 6.05. The van der Waals surface area contributed by atoms with Crippen LogP contribution < -0.4 is 4.74 Å². The summed E-state index contributed by atoms with van der Waals surface area (Å²) in [6, 6.07) is 8.98. The zero-order valence-corrected chi connectivity index (χ0v) is 12.4. The van der Waals surface area contributed by atoms with Crippen molar-refractivity contribution in [2.24, 2.45) is 0 Å². The molecule has 1 aromatic carbocycles. The molecule has 0 radical (unpaired) electrons. The molecule has 110 valence electrons. The SMILES string of the molecule is CCCN(CCC)CC(O)COc1ccc(C#N)cc1. The molecule has 1 rings (SSSR count). The van der Waals surface area contributed by atoms with E-state index in [9.17, 15) is 5.11 Å². The molecule has 0 bridgehead atoms. The Morgan fingerprint density at radius 2 is 1.80 bits per heavy atom. The largest absolute Gasteiger partial charge is 0.491 e. The third-order valence-corrected chi connectivity index (χ3v) is 2.97. The molecule has 1 atom stereocenters. The maximum Gasteiger partial charge on any atom is 0.119 e. The van der Waals surface area contributed by atoms with E-state index in [2.05, 4.69) is 24.8 Å². The van der Waals surface area contributed by atoms with Crippen LogP contribution in [-0.4, -0.2) is 42.4 Å². The highest BCUT2D eigenvalue weighted by Crippen LogP contribution is 2.12. The van der Waals surface area contributed by atoms with Gasteiger partial charge in [0.2, 0.25) is 0 Å². The smallest absolute Gasteiger partial charge is 0.119 e. The molecule has 0 amide bonds. The summed E-state index contributed by atoms with van der Waals surface area (Å²) in [4.78, 5) is 2.26. The average molecular weight is 276 g/mol. The minimum Gasteiger partial charge on any atom is -0.491 e. The van der Waals surface area contributed by atoms with Crippen LogP contribution in [0.1, 0.15) is 32.3 Å².